The van der Waals surface area contributed by atoms with Crippen molar-refractivity contribution in [3.63, 3.8) is 0 Å². The zero-order valence-corrected chi connectivity index (χ0v) is 7.62. The molecule has 0 spiro atoms. The van der Waals surface area contributed by atoms with Crippen LogP contribution < -0.4 is 10.0 Å². The first-order valence-electron chi connectivity index (χ1n) is 2.01. The second-order valence-corrected chi connectivity index (χ2v) is 0.884. The Hall–Kier alpha value is 0.415. The van der Waals surface area contributed by atoms with Gasteiger partial charge in [0.2, 0.25) is 0 Å². The second-order valence-electron chi connectivity index (χ2n) is 0.884. The van der Waals surface area contributed by atoms with Gasteiger partial charge in [-0.05, 0) is 6.07 Å². The van der Waals surface area contributed by atoms with Gasteiger partial charge in [-0.3, -0.25) is 5.10 Å². The van der Waals surface area contributed by atoms with Gasteiger partial charge in [0.1, 0.15) is 0 Å². The average Bonchev–Trinajstić information content (AvgIpc) is 2.17. The summed E-state index contributed by atoms with van der Waals surface area (Å²) < 4.78 is 0. The molecule has 0 saturated carbocycles. The van der Waals surface area contributed by atoms with Gasteiger partial charge in [0.25, 0.3) is 0 Å². The summed E-state index contributed by atoms with van der Waals surface area (Å²) in [5, 5.41) is 23.0. The van der Waals surface area contributed by atoms with Crippen LogP contribution in [0.1, 0.15) is 0 Å². The van der Waals surface area contributed by atoms with Crippen LogP contribution >= 0.6 is 0 Å². The van der Waals surface area contributed by atoms with E-state index in [1.807, 2.05) is 6.07 Å². The van der Waals surface area contributed by atoms with Gasteiger partial charge in [-0.2, -0.15) is 5.10 Å². The van der Waals surface area contributed by atoms with Crippen molar-refractivity contribution in [2.75, 3.05) is 0 Å². The van der Waals surface area contributed by atoms with Gasteiger partial charge < -0.3 is 15.5 Å². The van der Waals surface area contributed by atoms with E-state index in [2.05, 4.69) is 10.2 Å². The summed E-state index contributed by atoms with van der Waals surface area (Å²) in [6.45, 7) is 0. The maximum atomic E-state index is 8.38. The molecule has 0 aromatic carbocycles. The molecule has 10 heavy (non-hydrogen) atoms. The Morgan fingerprint density at radius 2 is 1.90 bits per heavy atom. The van der Waals surface area contributed by atoms with Crippen LogP contribution in [0.15, 0.2) is 18.5 Å². The van der Waals surface area contributed by atoms with Crippen LogP contribution in [-0.2, 0) is 0 Å². The zero-order chi connectivity index (χ0) is 6.24. The molecule has 1 rings (SSSR count). The molecule has 0 aliphatic carbocycles. The molecule has 0 aliphatic rings. The van der Waals surface area contributed by atoms with Gasteiger partial charge in [0.15, 0.2) is 0 Å². The van der Waals surface area contributed by atoms with Crippen molar-refractivity contribution >= 4 is 45.4 Å². The Bertz CT molecular complexity index is 88.6. The minimum atomic E-state index is -1.25. The largest absolute Gasteiger partial charge is 2.00 e. The molecule has 7 heteroatoms. The molecule has 52 valence electrons. The molecule has 5 nitrogen and oxygen atoms in total. The van der Waals surface area contributed by atoms with E-state index in [-0.39, 0.29) is 43.2 Å². The molecule has 0 amide bonds. The van der Waals surface area contributed by atoms with E-state index in [0.29, 0.717) is 0 Å². The molecule has 1 aromatic heterocycles. The summed E-state index contributed by atoms with van der Waals surface area (Å²) in [4.78, 5) is 0. The third kappa shape index (κ3) is 15.8. The van der Waals surface area contributed by atoms with Gasteiger partial charge in [-0.1, -0.05) is 0 Å². The Morgan fingerprint density at radius 3 is 2.00 bits per heavy atom. The van der Waals surface area contributed by atoms with Crippen LogP contribution in [0.2, 0.25) is 0 Å². The van der Waals surface area contributed by atoms with Gasteiger partial charge in [-0.15, -0.1) is 7.69 Å². The van der Waals surface area contributed by atoms with Crippen LogP contribution in [0.3, 0.4) is 0 Å². The minimum Gasteiger partial charge on any atom is -0.896 e. The number of aromatic amines is 1. The molecular weight excluding hydrogens is 163 g/mol. The third-order valence-electron chi connectivity index (χ3n) is 0.406. The molecule has 0 fully saturated rings. The van der Waals surface area contributed by atoms with Gasteiger partial charge in [0, 0.05) is 12.4 Å². The SMILES string of the molecule is O.[Ca+2].[O-]B[O-].c1cn[nH]c1. The normalized spacial score (nSPS) is 5.40. The van der Waals surface area contributed by atoms with Crippen molar-refractivity contribution < 1.29 is 15.5 Å². The zero-order valence-electron chi connectivity index (χ0n) is 5.41. The molecule has 0 atom stereocenters. The molecule has 0 saturated heterocycles. The number of H-pyrrole nitrogens is 1. The smallest absolute Gasteiger partial charge is 0.896 e. The summed E-state index contributed by atoms with van der Waals surface area (Å²) in [6, 6.07) is 1.83. The van der Waals surface area contributed by atoms with Crippen molar-refractivity contribution in [2.45, 2.75) is 0 Å². The van der Waals surface area contributed by atoms with Gasteiger partial charge >= 0.3 is 37.7 Å². The molecule has 3 N–H and O–H groups in total. The number of hydrogen-bond acceptors (Lipinski definition) is 3. The first-order valence-corrected chi connectivity index (χ1v) is 2.01. The van der Waals surface area contributed by atoms with Crippen molar-refractivity contribution in [3.05, 3.63) is 18.5 Å². The monoisotopic (exact) mass is 170 g/mol. The fourth-order valence-electron chi connectivity index (χ4n) is 0.215. The van der Waals surface area contributed by atoms with Gasteiger partial charge in [-0.25, -0.2) is 0 Å². The predicted octanol–water partition coefficient (Wildman–Crippen LogP) is -3.82. The van der Waals surface area contributed by atoms with Crippen LogP contribution in [0.4, 0.5) is 0 Å². The van der Waals surface area contributed by atoms with E-state index < -0.39 is 7.69 Å². The van der Waals surface area contributed by atoms with E-state index in [4.69, 9.17) is 10.0 Å². The Balaban J connectivity index is -0.0000000900. The molecule has 0 aliphatic heterocycles. The maximum Gasteiger partial charge on any atom is 2.00 e. The maximum absolute atomic E-state index is 8.38. The van der Waals surface area contributed by atoms with Crippen molar-refractivity contribution in [3.8, 4) is 0 Å². The number of hydrogen-bond donors (Lipinski definition) is 1. The van der Waals surface area contributed by atoms with Crippen molar-refractivity contribution in [1.82, 2.24) is 10.2 Å². The predicted molar refractivity (Wildman–Crippen MR) is 35.1 cm³/mol. The topological polar surface area (TPSA) is 106 Å². The summed E-state index contributed by atoms with van der Waals surface area (Å²) in [7, 11) is -1.25. The number of rotatable bonds is 0. The van der Waals surface area contributed by atoms with E-state index in [0.717, 1.165) is 0 Å². The summed E-state index contributed by atoms with van der Waals surface area (Å²) in [6.07, 6.45) is 3.46. The molecule has 0 bridgehead atoms. The van der Waals surface area contributed by atoms with Crippen LogP contribution in [0, 0.1) is 0 Å². The number of nitrogens with one attached hydrogen (secondary N) is 1. The summed E-state index contributed by atoms with van der Waals surface area (Å²) in [5.41, 5.74) is 0. The standard InChI is InChI=1S/C3H4N2.BHO2.Ca.H2O/c1-2-4-5-3-1;2-1-3;;/h1-3H,(H,4,5);1H;;1H2/q;-2;+2;. The van der Waals surface area contributed by atoms with E-state index in [1.165, 1.54) is 0 Å². The number of aromatic nitrogens is 2. The second kappa shape index (κ2) is 16.2. The molecule has 1 heterocycles. The molecule has 0 unspecified atom stereocenters. The molecular formula is C3H7BCaN2O3. The van der Waals surface area contributed by atoms with Crippen LogP contribution in [0.25, 0.3) is 0 Å². The van der Waals surface area contributed by atoms with Crippen molar-refractivity contribution in [2.24, 2.45) is 0 Å². The fourth-order valence-corrected chi connectivity index (χ4v) is 0.215. The first kappa shape index (κ1) is 16.8. The third-order valence-corrected chi connectivity index (χ3v) is 0.406. The Kier molecular flexibility index (Phi) is 27.2. The summed E-state index contributed by atoms with van der Waals surface area (Å²) >= 11 is 0. The van der Waals surface area contributed by atoms with E-state index in [1.54, 1.807) is 12.4 Å². The first-order chi connectivity index (χ1) is 3.91. The van der Waals surface area contributed by atoms with Gasteiger partial charge in [0.05, 0.1) is 0 Å². The average molecular weight is 170 g/mol. The van der Waals surface area contributed by atoms with Crippen LogP contribution in [0.5, 0.6) is 0 Å². The van der Waals surface area contributed by atoms with E-state index >= 15 is 0 Å². The fraction of sp³-hybridized carbons (Fsp3) is 0. The summed E-state index contributed by atoms with van der Waals surface area (Å²) in [5.74, 6) is 0. The Morgan fingerprint density at radius 1 is 1.40 bits per heavy atom. The Labute approximate surface area is 89.1 Å². The van der Waals surface area contributed by atoms with Crippen molar-refractivity contribution in [1.29, 1.82) is 0 Å². The van der Waals surface area contributed by atoms with E-state index in [9.17, 15) is 0 Å². The van der Waals surface area contributed by atoms with Crippen LogP contribution in [-0.4, -0.2) is 61.1 Å². The number of nitrogens with zero attached hydrogens (tertiary/aromatic N) is 1. The minimum absolute atomic E-state index is 0. The quantitative estimate of drug-likeness (QED) is 0.403. The molecule has 0 radical (unpaired) electrons. The molecule has 1 aromatic rings.